The lowest BCUT2D eigenvalue weighted by atomic mass is 10.2. The Bertz CT molecular complexity index is 1310. The van der Waals surface area contributed by atoms with Gasteiger partial charge in [-0.3, -0.25) is 0 Å². The van der Waals surface area contributed by atoms with Gasteiger partial charge in [0.15, 0.2) is 5.82 Å². The monoisotopic (exact) mass is 410 g/mol. The van der Waals surface area contributed by atoms with Crippen molar-refractivity contribution in [3.63, 3.8) is 0 Å². The zero-order valence-electron chi connectivity index (χ0n) is 15.6. The molecule has 148 valence electrons. The molecule has 29 heavy (non-hydrogen) atoms. The van der Waals surface area contributed by atoms with Gasteiger partial charge in [-0.2, -0.15) is 4.31 Å². The fraction of sp³-hybridized carbons (Fsp3) is 0.190. The minimum atomic E-state index is -3.72. The largest absolute Gasteiger partial charge is 0.352 e. The molecule has 0 atom stereocenters. The molecule has 0 aliphatic carbocycles. The van der Waals surface area contributed by atoms with Crippen LogP contribution < -0.4 is 4.90 Å². The van der Waals surface area contributed by atoms with E-state index in [0.29, 0.717) is 26.2 Å². The van der Waals surface area contributed by atoms with Gasteiger partial charge in [0, 0.05) is 32.4 Å². The van der Waals surface area contributed by atoms with Crippen molar-refractivity contribution >= 4 is 32.4 Å². The third-order valence-electron chi connectivity index (χ3n) is 5.32. The lowest BCUT2D eigenvalue weighted by molar-refractivity contribution is 0.384. The highest BCUT2D eigenvalue weighted by Crippen LogP contribution is 2.27. The minimum absolute atomic E-state index is 0.0104. The molecule has 8 heteroatoms. The molecule has 1 saturated heterocycles. The van der Waals surface area contributed by atoms with Gasteiger partial charge in [0.25, 0.3) is 0 Å². The predicted molar refractivity (Wildman–Crippen MR) is 110 cm³/mol. The quantitative estimate of drug-likeness (QED) is 0.521. The standard InChI is InChI=1S/C21H19FN4O2S/c22-16-5-3-6-17(15-16)29(27,28)25-13-11-24(12-14-25)21-20-9-4-10-26(20)19-8-2-1-7-18(19)23-21/h1-10,15H,11-14H2. The van der Waals surface area contributed by atoms with Crippen molar-refractivity contribution in [2.75, 3.05) is 31.1 Å². The molecule has 1 aliphatic heterocycles. The number of anilines is 1. The van der Waals surface area contributed by atoms with Crippen LogP contribution in [0.4, 0.5) is 10.2 Å². The van der Waals surface area contributed by atoms with Gasteiger partial charge in [-0.15, -0.1) is 0 Å². The maximum absolute atomic E-state index is 13.5. The van der Waals surface area contributed by atoms with E-state index in [2.05, 4.69) is 9.30 Å². The van der Waals surface area contributed by atoms with Gasteiger partial charge < -0.3 is 9.30 Å². The van der Waals surface area contributed by atoms with E-state index in [0.717, 1.165) is 28.4 Å². The molecule has 0 amide bonds. The van der Waals surface area contributed by atoms with E-state index in [1.165, 1.54) is 22.5 Å². The normalized spacial score (nSPS) is 16.0. The number of para-hydroxylation sites is 2. The third kappa shape index (κ3) is 3.04. The Labute approximate surface area is 167 Å². The fourth-order valence-corrected chi connectivity index (χ4v) is 5.31. The Morgan fingerprint density at radius 2 is 1.62 bits per heavy atom. The van der Waals surface area contributed by atoms with Gasteiger partial charge in [0.1, 0.15) is 5.82 Å². The number of aromatic nitrogens is 2. The van der Waals surface area contributed by atoms with E-state index in [9.17, 15) is 12.8 Å². The molecule has 3 heterocycles. The molecule has 0 unspecified atom stereocenters. The molecular weight excluding hydrogens is 391 g/mol. The Kier molecular flexibility index (Phi) is 4.25. The molecule has 0 N–H and O–H groups in total. The second kappa shape index (κ2) is 6.82. The van der Waals surface area contributed by atoms with Crippen LogP contribution >= 0.6 is 0 Å². The molecule has 0 spiro atoms. The van der Waals surface area contributed by atoms with Crippen LogP contribution in [0.25, 0.3) is 16.6 Å². The van der Waals surface area contributed by atoms with Crippen molar-refractivity contribution in [3.8, 4) is 0 Å². The minimum Gasteiger partial charge on any atom is -0.352 e. The van der Waals surface area contributed by atoms with Crippen molar-refractivity contribution in [2.24, 2.45) is 0 Å². The molecule has 0 bridgehead atoms. The maximum atomic E-state index is 13.5. The van der Waals surface area contributed by atoms with E-state index in [4.69, 9.17) is 4.98 Å². The van der Waals surface area contributed by atoms with Crippen molar-refractivity contribution in [2.45, 2.75) is 4.90 Å². The Balaban J connectivity index is 1.44. The fourth-order valence-electron chi connectivity index (χ4n) is 3.86. The summed E-state index contributed by atoms with van der Waals surface area (Å²) in [6.45, 7) is 1.67. The van der Waals surface area contributed by atoms with E-state index in [-0.39, 0.29) is 4.90 Å². The molecule has 2 aromatic heterocycles. The number of piperazine rings is 1. The molecule has 0 radical (unpaired) electrons. The average Bonchev–Trinajstić information content (AvgIpc) is 3.23. The molecule has 1 aliphatic rings. The van der Waals surface area contributed by atoms with E-state index >= 15 is 0 Å². The number of benzene rings is 2. The zero-order valence-corrected chi connectivity index (χ0v) is 16.4. The second-order valence-corrected chi connectivity index (χ2v) is 8.97. The highest BCUT2D eigenvalue weighted by Gasteiger charge is 2.30. The zero-order chi connectivity index (χ0) is 20.0. The summed E-state index contributed by atoms with van der Waals surface area (Å²) in [5.74, 6) is 0.289. The molecule has 2 aromatic carbocycles. The summed E-state index contributed by atoms with van der Waals surface area (Å²) in [6, 6.07) is 17.1. The number of rotatable bonds is 3. The van der Waals surface area contributed by atoms with Crippen LogP contribution in [0.5, 0.6) is 0 Å². The average molecular weight is 410 g/mol. The first-order valence-corrected chi connectivity index (χ1v) is 10.8. The van der Waals surface area contributed by atoms with Gasteiger partial charge in [-0.1, -0.05) is 18.2 Å². The molecule has 4 aromatic rings. The number of nitrogens with zero attached hydrogens (tertiary/aromatic N) is 4. The SMILES string of the molecule is O=S(=O)(c1cccc(F)c1)N1CCN(c2nc3ccccc3n3cccc23)CC1. The van der Waals surface area contributed by atoms with Gasteiger partial charge in [-0.25, -0.2) is 17.8 Å². The van der Waals surface area contributed by atoms with Crippen LogP contribution in [0, 0.1) is 5.82 Å². The molecule has 5 rings (SSSR count). The highest BCUT2D eigenvalue weighted by atomic mass is 32.2. The van der Waals surface area contributed by atoms with E-state index in [1.54, 1.807) is 0 Å². The van der Waals surface area contributed by atoms with Crippen LogP contribution in [0.15, 0.2) is 71.8 Å². The Morgan fingerprint density at radius 1 is 0.862 bits per heavy atom. The Morgan fingerprint density at radius 3 is 2.41 bits per heavy atom. The van der Waals surface area contributed by atoms with Gasteiger partial charge in [0.2, 0.25) is 10.0 Å². The third-order valence-corrected chi connectivity index (χ3v) is 7.21. The van der Waals surface area contributed by atoms with Crippen LogP contribution in [0.3, 0.4) is 0 Å². The van der Waals surface area contributed by atoms with Crippen LogP contribution in [0.2, 0.25) is 0 Å². The number of hydrogen-bond donors (Lipinski definition) is 0. The van der Waals surface area contributed by atoms with Crippen LogP contribution in [-0.2, 0) is 10.0 Å². The van der Waals surface area contributed by atoms with Crippen LogP contribution in [-0.4, -0.2) is 48.3 Å². The summed E-state index contributed by atoms with van der Waals surface area (Å²) in [5.41, 5.74) is 2.91. The lowest BCUT2D eigenvalue weighted by Gasteiger charge is -2.35. The number of sulfonamides is 1. The summed E-state index contributed by atoms with van der Waals surface area (Å²) >= 11 is 0. The van der Waals surface area contributed by atoms with E-state index < -0.39 is 15.8 Å². The summed E-state index contributed by atoms with van der Waals surface area (Å²) < 4.78 is 42.7. The first-order chi connectivity index (χ1) is 14.0. The lowest BCUT2D eigenvalue weighted by Crippen LogP contribution is -2.49. The first-order valence-electron chi connectivity index (χ1n) is 9.40. The van der Waals surface area contributed by atoms with Crippen molar-refractivity contribution in [1.82, 2.24) is 13.7 Å². The van der Waals surface area contributed by atoms with Gasteiger partial charge in [0.05, 0.1) is 21.4 Å². The van der Waals surface area contributed by atoms with Crippen molar-refractivity contribution in [3.05, 3.63) is 72.7 Å². The van der Waals surface area contributed by atoms with E-state index in [1.807, 2.05) is 42.6 Å². The molecule has 6 nitrogen and oxygen atoms in total. The first kappa shape index (κ1) is 18.1. The Hall–Kier alpha value is -2.97. The number of fused-ring (bicyclic) bond motifs is 3. The van der Waals surface area contributed by atoms with Crippen molar-refractivity contribution in [1.29, 1.82) is 0 Å². The van der Waals surface area contributed by atoms with Gasteiger partial charge in [-0.05, 0) is 42.5 Å². The molecule has 1 fully saturated rings. The topological polar surface area (TPSA) is 57.9 Å². The molecular formula is C21H19FN4O2S. The summed E-state index contributed by atoms with van der Waals surface area (Å²) in [7, 11) is -3.72. The highest BCUT2D eigenvalue weighted by molar-refractivity contribution is 7.89. The number of hydrogen-bond acceptors (Lipinski definition) is 4. The molecule has 0 saturated carbocycles. The van der Waals surface area contributed by atoms with Crippen LogP contribution in [0.1, 0.15) is 0 Å². The smallest absolute Gasteiger partial charge is 0.243 e. The second-order valence-electron chi connectivity index (χ2n) is 7.04. The maximum Gasteiger partial charge on any atom is 0.243 e. The summed E-state index contributed by atoms with van der Waals surface area (Å²) in [4.78, 5) is 6.94. The number of halogens is 1. The van der Waals surface area contributed by atoms with Crippen molar-refractivity contribution < 1.29 is 12.8 Å². The predicted octanol–water partition coefficient (Wildman–Crippen LogP) is 3.14. The summed E-state index contributed by atoms with van der Waals surface area (Å²) in [5, 5.41) is 0. The summed E-state index contributed by atoms with van der Waals surface area (Å²) in [6.07, 6.45) is 2.01. The van der Waals surface area contributed by atoms with Gasteiger partial charge >= 0.3 is 0 Å².